The summed E-state index contributed by atoms with van der Waals surface area (Å²) in [5, 5.41) is 0. The van der Waals surface area contributed by atoms with Crippen LogP contribution in [0.1, 0.15) is 107 Å². The summed E-state index contributed by atoms with van der Waals surface area (Å²) in [5.41, 5.74) is -11.3. The molecule has 576 valence electrons. The van der Waals surface area contributed by atoms with Gasteiger partial charge in [0.1, 0.15) is 35.5 Å². The summed E-state index contributed by atoms with van der Waals surface area (Å²) in [5.74, 6) is 7.41. The molecule has 0 aliphatic carbocycles. The zero-order valence-electron chi connectivity index (χ0n) is 60.2. The van der Waals surface area contributed by atoms with Gasteiger partial charge >= 0.3 is 11.0 Å². The molecule has 0 aromatic heterocycles. The third-order valence-corrected chi connectivity index (χ3v) is 25.9. The molecule has 16 bridgehead atoms. The van der Waals surface area contributed by atoms with Crippen molar-refractivity contribution in [1.82, 2.24) is 0 Å². The van der Waals surface area contributed by atoms with Crippen molar-refractivity contribution in [1.29, 1.82) is 0 Å². The van der Waals surface area contributed by atoms with Crippen LogP contribution in [0.2, 0.25) is 0 Å². The van der Waals surface area contributed by atoms with Crippen LogP contribution in [0.5, 0.6) is 46.0 Å². The van der Waals surface area contributed by atoms with Gasteiger partial charge in [-0.3, -0.25) is 0 Å². The van der Waals surface area contributed by atoms with Crippen molar-refractivity contribution in [2.75, 3.05) is 65.4 Å². The van der Waals surface area contributed by atoms with Crippen molar-refractivity contribution >= 4 is 113 Å². The van der Waals surface area contributed by atoms with E-state index in [-0.39, 0.29) is 21.8 Å². The summed E-state index contributed by atoms with van der Waals surface area (Å²) in [6.45, 7) is 22.4. The fourth-order valence-corrected chi connectivity index (χ4v) is 19.8. The highest BCUT2D eigenvalue weighted by Crippen LogP contribution is 2.55. The van der Waals surface area contributed by atoms with Gasteiger partial charge in [0.15, 0.2) is 43.2 Å². The van der Waals surface area contributed by atoms with Crippen molar-refractivity contribution in [3.8, 4) is 46.0 Å². The van der Waals surface area contributed by atoms with Gasteiger partial charge in [0.05, 0.1) is 133 Å². The smallest absolute Gasteiger partial charge is 0.485 e. The largest absolute Gasteiger partial charge is 0.741 e. The highest BCUT2D eigenvalue weighted by Gasteiger charge is 2.39. The van der Waals surface area contributed by atoms with Crippen molar-refractivity contribution in [3.05, 3.63) is 146 Å². The van der Waals surface area contributed by atoms with E-state index in [1.54, 1.807) is 70.6 Å². The fraction of sp³-hybridized carbons (Fsp3) is 0.368. The van der Waals surface area contributed by atoms with Crippen molar-refractivity contribution in [3.63, 3.8) is 0 Å². The van der Waals surface area contributed by atoms with Gasteiger partial charge in [-0.05, 0) is 148 Å². The number of alkyl halides is 6. The summed E-state index contributed by atoms with van der Waals surface area (Å²) in [4.78, 5) is 17.7. The SMILES string of the molecule is CCCOc1c2cccc1Sc1cccc(c1OCCC)[S+](C)c1cccc(c1OCCC)Sc1cccc(c1OCCC)S2.CCCOc1c2cccc1Sc1cccc(c1OCCC)[S+](C)c1cccc(c1OCCC)Sc1cccc(c1OCCC)S2.O=S(=O)([O-])C(F)(F)F.O=S(=O)([O-])C(F)(F)F. The van der Waals surface area contributed by atoms with E-state index in [9.17, 15) is 26.3 Å². The lowest BCUT2D eigenvalue weighted by molar-refractivity contribution is -0.0522. The van der Waals surface area contributed by atoms with Crippen molar-refractivity contribution < 1.29 is 90.2 Å². The summed E-state index contributed by atoms with van der Waals surface area (Å²) >= 11 is 10.3. The monoisotopic (exact) mass is 1660 g/mol. The molecule has 2 heterocycles. The second-order valence-electron chi connectivity index (χ2n) is 22.9. The third-order valence-electron chi connectivity index (χ3n) is 14.4. The lowest BCUT2D eigenvalue weighted by Gasteiger charge is -2.21. The van der Waals surface area contributed by atoms with Crippen LogP contribution in [0.4, 0.5) is 26.3 Å². The molecule has 0 amide bonds. The van der Waals surface area contributed by atoms with E-state index >= 15 is 0 Å². The Bertz CT molecular complexity index is 3890. The van der Waals surface area contributed by atoms with Crippen LogP contribution in [0.3, 0.4) is 0 Å². The molecule has 0 unspecified atom stereocenters. The number of rotatable bonds is 24. The molecule has 0 radical (unpaired) electrons. The van der Waals surface area contributed by atoms with Crippen LogP contribution in [0.15, 0.2) is 224 Å². The Hall–Kier alpha value is -5.64. The first kappa shape index (κ1) is 87.6. The number of hydrogen-bond donors (Lipinski definition) is 0. The molecule has 2 aliphatic heterocycles. The number of ether oxygens (including phenoxy) is 8. The van der Waals surface area contributed by atoms with Crippen LogP contribution in [0, 0.1) is 0 Å². The predicted octanol–water partition coefficient (Wildman–Crippen LogP) is 22.7. The lowest BCUT2D eigenvalue weighted by Crippen LogP contribution is -2.21. The molecule has 0 N–H and O–H groups in total. The first-order valence-electron chi connectivity index (χ1n) is 34.2. The minimum atomic E-state index is -6.09. The van der Waals surface area contributed by atoms with Gasteiger partial charge < -0.3 is 47.0 Å². The fourth-order valence-electron chi connectivity index (χ4n) is 9.61. The molecule has 0 atom stereocenters. The Labute approximate surface area is 650 Å². The normalized spacial score (nSPS) is 13.1. The minimum Gasteiger partial charge on any atom is -0.741 e. The Balaban J connectivity index is 0.000000245. The molecule has 14 nitrogen and oxygen atoms in total. The van der Waals surface area contributed by atoms with Gasteiger partial charge in [0.25, 0.3) is 0 Å². The lowest BCUT2D eigenvalue weighted by atomic mass is 10.3. The highest BCUT2D eigenvalue weighted by atomic mass is 32.2. The van der Waals surface area contributed by atoms with E-state index in [1.807, 2.05) is 0 Å². The van der Waals surface area contributed by atoms with Crippen LogP contribution in [-0.4, -0.2) is 102 Å². The zero-order valence-corrected chi connectivity index (χ0v) is 68.4. The van der Waals surface area contributed by atoms with Gasteiger partial charge in [-0.1, -0.05) is 174 Å². The van der Waals surface area contributed by atoms with Crippen LogP contribution in [0.25, 0.3) is 0 Å². The highest BCUT2D eigenvalue weighted by molar-refractivity contribution is 8.02. The van der Waals surface area contributed by atoms with Crippen LogP contribution >= 0.6 is 70.6 Å². The van der Waals surface area contributed by atoms with E-state index < -0.39 is 31.3 Å². The minimum absolute atomic E-state index is 0.320. The first-order chi connectivity index (χ1) is 50.7. The summed E-state index contributed by atoms with van der Waals surface area (Å²) in [6, 6.07) is 51.9. The molecule has 8 aromatic rings. The van der Waals surface area contributed by atoms with Crippen LogP contribution < -0.4 is 37.9 Å². The first-order valence-corrected chi connectivity index (χ1v) is 45.2. The van der Waals surface area contributed by atoms with E-state index in [1.165, 1.54) is 19.6 Å². The van der Waals surface area contributed by atoms with Gasteiger partial charge in [-0.2, -0.15) is 26.3 Å². The molecule has 0 saturated heterocycles. The van der Waals surface area contributed by atoms with E-state index in [2.05, 4.69) is 213 Å². The van der Waals surface area contributed by atoms with E-state index in [0.29, 0.717) is 52.9 Å². The molecule has 30 heteroatoms. The number of fused-ring (bicyclic) bond motifs is 16. The van der Waals surface area contributed by atoms with E-state index in [4.69, 9.17) is 63.8 Å². The van der Waals surface area contributed by atoms with Gasteiger partial charge in [0.2, 0.25) is 19.6 Å². The maximum Gasteiger partial charge on any atom is 0.485 e. The Morgan fingerprint density at radius 3 is 0.528 bits per heavy atom. The molecular weight excluding hydrogens is 1570 g/mol. The zero-order chi connectivity index (χ0) is 77.2. The molecule has 0 fully saturated rings. The third kappa shape index (κ3) is 24.2. The second-order valence-corrected chi connectivity index (χ2v) is 35.9. The molecule has 10 rings (SSSR count). The molecule has 0 saturated carbocycles. The van der Waals surface area contributed by atoms with Crippen molar-refractivity contribution in [2.24, 2.45) is 0 Å². The van der Waals surface area contributed by atoms with E-state index in [0.717, 1.165) is 156 Å². The number of hydrogen-bond acceptors (Lipinski definition) is 20. The quantitative estimate of drug-likeness (QED) is 0.0240. The topological polar surface area (TPSA) is 188 Å². The maximum atomic E-state index is 10.7. The Morgan fingerprint density at radius 2 is 0.396 bits per heavy atom. The second kappa shape index (κ2) is 42.5. The molecule has 106 heavy (non-hydrogen) atoms. The standard InChI is InChI=1S/2C37H43O4S4.2CHF3O3S/c2*1-6-22-38-34-26-14-10-16-28(34)43-30-18-12-20-32(36(30)40-24-8-3)45(5)33-21-13-19-31(37(33)41-25-9-4)44-29-17-11-15-27(42-26)35(29)39-23-7-2;2*2-1(3,4)8(5,6)7/h2*10-21H,6-9,22-25H2,1-5H3;2*(H,5,6,7)/q2*+1;;/p-2. The predicted molar refractivity (Wildman–Crippen MR) is 414 cm³/mol. The molecule has 2 aliphatic rings. The number of para-hydroxylation sites is 8. The molecule has 8 aromatic carbocycles. The average molecular weight is 1660 g/mol. The summed E-state index contributed by atoms with van der Waals surface area (Å²) < 4.78 is 170. The van der Waals surface area contributed by atoms with Crippen molar-refractivity contribution in [2.45, 2.75) is 196 Å². The van der Waals surface area contributed by atoms with Gasteiger partial charge in [-0.15, -0.1) is 0 Å². The molecule has 0 spiro atoms. The molecular formula is C76H86F6O14S10. The van der Waals surface area contributed by atoms with Gasteiger partial charge in [0, 0.05) is 0 Å². The van der Waals surface area contributed by atoms with Gasteiger partial charge in [-0.25, -0.2) is 16.8 Å². The summed E-state index contributed by atoms with van der Waals surface area (Å²) in [7, 11) is -12.8. The van der Waals surface area contributed by atoms with Crippen LogP contribution in [-0.2, 0) is 42.0 Å². The maximum absolute atomic E-state index is 10.7. The Morgan fingerprint density at radius 1 is 0.274 bits per heavy atom. The summed E-state index contributed by atoms with van der Waals surface area (Å²) in [6.07, 6.45) is 12.0. The number of halogens is 6. The average Bonchev–Trinajstić information content (AvgIpc) is 0.781. The number of benzene rings is 8. The Kier molecular flexibility index (Phi) is 35.1.